The van der Waals surface area contributed by atoms with Crippen molar-refractivity contribution < 1.29 is 38.9 Å². The quantitative estimate of drug-likeness (QED) is 0.0637. The predicted octanol–water partition coefficient (Wildman–Crippen LogP) is 5.86. The Morgan fingerprint density at radius 1 is 1.10 bits per heavy atom. The maximum Gasteiger partial charge on any atom is 0.306 e. The largest absolute Gasteiger partial charge is 0.506 e. The second-order valence-electron chi connectivity index (χ2n) is 13.0. The molecule has 12 nitrogen and oxygen atoms in total. The molecule has 1 aromatic heterocycles. The van der Waals surface area contributed by atoms with E-state index in [-0.39, 0.29) is 66.1 Å². The van der Waals surface area contributed by atoms with Crippen molar-refractivity contribution in [2.45, 2.75) is 105 Å². The number of thiol groups is 1. The number of aliphatic carboxylic acids is 1. The van der Waals surface area contributed by atoms with Crippen LogP contribution < -0.4 is 10.6 Å². The van der Waals surface area contributed by atoms with E-state index in [0.29, 0.717) is 35.6 Å². The minimum atomic E-state index is -1.02. The molecule has 1 unspecified atom stereocenters. The molecule has 0 aliphatic rings. The number of anilines is 1. The van der Waals surface area contributed by atoms with Crippen molar-refractivity contribution >= 4 is 59.3 Å². The number of thiazole rings is 1. The Labute approximate surface area is 298 Å². The molecule has 0 saturated heterocycles. The zero-order valence-electron chi connectivity index (χ0n) is 29.5. The number of aromatic hydroxyl groups is 1. The summed E-state index contributed by atoms with van der Waals surface area (Å²) in [6.07, 6.45) is 1.92. The number of nitrogens with one attached hydrogen (secondary N) is 2. The van der Waals surface area contributed by atoms with Gasteiger partial charge in [-0.05, 0) is 54.5 Å². The summed E-state index contributed by atoms with van der Waals surface area (Å²) < 4.78 is 5.67. The molecule has 2 aromatic rings. The number of phenolic OH excluding ortho intramolecular Hbond substituents is 1. The minimum Gasteiger partial charge on any atom is -0.506 e. The fourth-order valence-electron chi connectivity index (χ4n) is 5.34. The van der Waals surface area contributed by atoms with Gasteiger partial charge in [0.05, 0.1) is 11.6 Å². The highest BCUT2D eigenvalue weighted by atomic mass is 32.1. The molecule has 0 spiro atoms. The molecule has 0 aliphatic carbocycles. The number of benzene rings is 1. The Morgan fingerprint density at radius 3 is 2.39 bits per heavy atom. The lowest BCUT2D eigenvalue weighted by Gasteiger charge is -2.34. The molecule has 0 aliphatic heterocycles. The summed E-state index contributed by atoms with van der Waals surface area (Å²) in [7, 11) is 1.76. The Balaban J connectivity index is 2.30. The topological polar surface area (TPSA) is 175 Å². The van der Waals surface area contributed by atoms with E-state index in [1.807, 2.05) is 27.7 Å². The van der Waals surface area contributed by atoms with Gasteiger partial charge in [-0.3, -0.25) is 24.0 Å². The maximum absolute atomic E-state index is 13.5. The molecule has 1 aromatic carbocycles. The second kappa shape index (κ2) is 20.1. The number of phenols is 1. The molecular weight excluding hydrogens is 669 g/mol. The molecule has 2 rings (SSSR count). The molecule has 4 N–H and O–H groups in total. The number of carbonyl (C=O) groups is 5. The molecule has 5 atom stereocenters. The van der Waals surface area contributed by atoms with E-state index < -0.39 is 35.9 Å². The third-order valence-corrected chi connectivity index (χ3v) is 9.70. The van der Waals surface area contributed by atoms with E-state index in [1.165, 1.54) is 13.0 Å². The standard InChI is InChI=1S/C35H52N4O8S2/c1-8-21(4)14-32(43)39(7)28(20(2)3)18-30(47-23(6)40)34-38-27(19-49-34)33(44)36-25(15-22(5)35(45)46)16-24-11-12-29(41)26(17-24)37-31(42)10-9-13-48/h11-12,17,19-22,25,28,30,41,48H,8-10,13-16,18H2,1-7H3,(H,36,44)(H,37,42)(H,45,46)/t21-,22?,25+,28+,30+/m0/s1. The molecule has 0 radical (unpaired) electrons. The zero-order chi connectivity index (χ0) is 36.8. The van der Waals surface area contributed by atoms with E-state index in [9.17, 15) is 34.2 Å². The Morgan fingerprint density at radius 2 is 1.80 bits per heavy atom. The number of ether oxygens (including phenoxy) is 1. The van der Waals surface area contributed by atoms with E-state index in [4.69, 9.17) is 4.74 Å². The zero-order valence-corrected chi connectivity index (χ0v) is 31.2. The molecule has 14 heteroatoms. The monoisotopic (exact) mass is 720 g/mol. The van der Waals surface area contributed by atoms with Crippen molar-refractivity contribution in [1.82, 2.24) is 15.2 Å². The first-order chi connectivity index (χ1) is 23.1. The molecule has 0 fully saturated rings. The summed E-state index contributed by atoms with van der Waals surface area (Å²) in [6, 6.07) is 3.78. The number of aromatic nitrogens is 1. The van der Waals surface area contributed by atoms with Gasteiger partial charge in [-0.2, -0.15) is 12.6 Å². The van der Waals surface area contributed by atoms with Crippen LogP contribution >= 0.6 is 24.0 Å². The minimum absolute atomic E-state index is 0.00657. The van der Waals surface area contributed by atoms with Crippen LogP contribution in [0.2, 0.25) is 0 Å². The fourth-order valence-corrected chi connectivity index (χ4v) is 6.33. The van der Waals surface area contributed by atoms with Crippen molar-refractivity contribution in [3.05, 3.63) is 39.8 Å². The number of hydrogen-bond donors (Lipinski definition) is 5. The smallest absolute Gasteiger partial charge is 0.306 e. The van der Waals surface area contributed by atoms with Crippen LogP contribution in [0, 0.1) is 17.8 Å². The van der Waals surface area contributed by atoms with Gasteiger partial charge in [0, 0.05) is 50.7 Å². The van der Waals surface area contributed by atoms with Gasteiger partial charge in [-0.15, -0.1) is 11.3 Å². The highest BCUT2D eigenvalue weighted by molar-refractivity contribution is 7.80. The van der Waals surface area contributed by atoms with Crippen LogP contribution in [0.1, 0.15) is 107 Å². The SMILES string of the molecule is CC[C@H](C)CC(=O)N(C)[C@H](C[C@@H](OC(C)=O)c1nc(C(=O)N[C@@H](Cc2ccc(O)c(NC(=O)CCCS)c2)CC(C)C(=O)O)cs1)C(C)C. The van der Waals surface area contributed by atoms with Crippen LogP contribution in [0.25, 0.3) is 0 Å². The van der Waals surface area contributed by atoms with Crippen LogP contribution in [0.15, 0.2) is 23.6 Å². The third kappa shape index (κ3) is 13.6. The van der Waals surface area contributed by atoms with Gasteiger partial charge in [0.15, 0.2) is 6.10 Å². The van der Waals surface area contributed by atoms with Gasteiger partial charge in [0.2, 0.25) is 11.8 Å². The molecule has 3 amide bonds. The maximum atomic E-state index is 13.5. The van der Waals surface area contributed by atoms with Crippen molar-refractivity contribution in [1.29, 1.82) is 0 Å². The Bertz CT molecular complexity index is 1430. The summed E-state index contributed by atoms with van der Waals surface area (Å²) in [5, 5.41) is 27.5. The first-order valence-electron chi connectivity index (χ1n) is 16.7. The van der Waals surface area contributed by atoms with Crippen molar-refractivity contribution in [2.24, 2.45) is 17.8 Å². The lowest BCUT2D eigenvalue weighted by Crippen LogP contribution is -2.42. The van der Waals surface area contributed by atoms with E-state index in [0.717, 1.165) is 17.8 Å². The molecule has 272 valence electrons. The number of carboxylic acid groups (broad SMARTS) is 1. The van der Waals surface area contributed by atoms with Crippen LogP contribution in [-0.2, 0) is 30.3 Å². The Kier molecular flexibility index (Phi) is 17.1. The van der Waals surface area contributed by atoms with Crippen LogP contribution in [0.3, 0.4) is 0 Å². The number of carbonyl (C=O) groups excluding carboxylic acids is 4. The summed E-state index contributed by atoms with van der Waals surface area (Å²) in [6.45, 7) is 10.9. The highest BCUT2D eigenvalue weighted by Crippen LogP contribution is 2.31. The average Bonchev–Trinajstić information content (AvgIpc) is 3.53. The summed E-state index contributed by atoms with van der Waals surface area (Å²) in [5.74, 6) is -2.42. The molecule has 49 heavy (non-hydrogen) atoms. The summed E-state index contributed by atoms with van der Waals surface area (Å²) in [5.41, 5.74) is 0.951. The number of carboxylic acids is 1. The second-order valence-corrected chi connectivity index (χ2v) is 14.4. The lowest BCUT2D eigenvalue weighted by molar-refractivity contribution is -0.148. The van der Waals surface area contributed by atoms with E-state index >= 15 is 0 Å². The average molecular weight is 721 g/mol. The highest BCUT2D eigenvalue weighted by Gasteiger charge is 2.31. The van der Waals surface area contributed by atoms with Gasteiger partial charge >= 0.3 is 11.9 Å². The van der Waals surface area contributed by atoms with Crippen molar-refractivity contribution in [3.8, 4) is 5.75 Å². The van der Waals surface area contributed by atoms with Crippen LogP contribution in [-0.4, -0.2) is 74.6 Å². The van der Waals surface area contributed by atoms with Crippen LogP contribution in [0.5, 0.6) is 5.75 Å². The van der Waals surface area contributed by atoms with E-state index in [2.05, 4.69) is 28.2 Å². The number of nitrogens with zero attached hydrogens (tertiary/aromatic N) is 2. The molecular formula is C35H52N4O8S2. The first-order valence-corrected chi connectivity index (χ1v) is 18.2. The van der Waals surface area contributed by atoms with Gasteiger partial charge in [-0.1, -0.05) is 47.1 Å². The molecule has 1 heterocycles. The summed E-state index contributed by atoms with van der Waals surface area (Å²) in [4.78, 5) is 68.9. The van der Waals surface area contributed by atoms with Gasteiger partial charge in [0.25, 0.3) is 5.91 Å². The lowest BCUT2D eigenvalue weighted by atomic mass is 9.95. The first kappa shape index (κ1) is 41.5. The van der Waals surface area contributed by atoms with Gasteiger partial charge in [-0.25, -0.2) is 4.98 Å². The number of esters is 1. The van der Waals surface area contributed by atoms with Crippen LogP contribution in [0.4, 0.5) is 5.69 Å². The number of amides is 3. The van der Waals surface area contributed by atoms with Gasteiger partial charge in [0.1, 0.15) is 16.5 Å². The molecule has 0 bridgehead atoms. The Hall–Kier alpha value is -3.65. The fraction of sp³-hybridized carbons (Fsp3) is 0.600. The van der Waals surface area contributed by atoms with E-state index in [1.54, 1.807) is 36.4 Å². The molecule has 0 saturated carbocycles. The van der Waals surface area contributed by atoms with Gasteiger partial charge < -0.3 is 30.5 Å². The number of hydrogen-bond acceptors (Lipinski definition) is 10. The summed E-state index contributed by atoms with van der Waals surface area (Å²) >= 11 is 5.28. The van der Waals surface area contributed by atoms with Crippen molar-refractivity contribution in [3.63, 3.8) is 0 Å². The van der Waals surface area contributed by atoms with Crippen molar-refractivity contribution in [2.75, 3.05) is 18.1 Å². The third-order valence-electron chi connectivity index (χ3n) is 8.45. The predicted molar refractivity (Wildman–Crippen MR) is 193 cm³/mol. The normalized spacial score (nSPS) is 14.3. The number of rotatable bonds is 20.